The van der Waals surface area contributed by atoms with Crippen molar-refractivity contribution in [2.45, 2.75) is 0 Å². The molecule has 0 fully saturated rings. The van der Waals surface area contributed by atoms with Gasteiger partial charge in [0.25, 0.3) is 0 Å². The van der Waals surface area contributed by atoms with E-state index in [4.69, 9.17) is 19.8 Å². The Morgan fingerprint density at radius 3 is 2.50 bits per heavy atom. The summed E-state index contributed by atoms with van der Waals surface area (Å²) in [6.07, 6.45) is 1.72. The van der Waals surface area contributed by atoms with Crippen LogP contribution in [-0.2, 0) is 0 Å². The summed E-state index contributed by atoms with van der Waals surface area (Å²) in [6, 6.07) is 20.5. The highest BCUT2D eigenvalue weighted by Gasteiger charge is 2.20. The van der Waals surface area contributed by atoms with Crippen LogP contribution in [0.3, 0.4) is 0 Å². The third-order valence-electron chi connectivity index (χ3n) is 4.39. The quantitative estimate of drug-likeness (QED) is 0.550. The van der Waals surface area contributed by atoms with Crippen molar-refractivity contribution >= 4 is 0 Å². The lowest BCUT2D eigenvalue weighted by Crippen LogP contribution is -1.99. The van der Waals surface area contributed by atoms with Gasteiger partial charge in [0.1, 0.15) is 11.4 Å². The molecule has 0 N–H and O–H groups in total. The van der Waals surface area contributed by atoms with Gasteiger partial charge in [-0.05, 0) is 54.6 Å². The highest BCUT2D eigenvalue weighted by atomic mass is 16.7. The van der Waals surface area contributed by atoms with E-state index in [2.05, 4.69) is 16.2 Å². The van der Waals surface area contributed by atoms with E-state index >= 15 is 0 Å². The number of pyridine rings is 1. The van der Waals surface area contributed by atoms with Crippen LogP contribution in [0.2, 0.25) is 0 Å². The number of hydrogen-bond donors (Lipinski definition) is 0. The van der Waals surface area contributed by atoms with Crippen molar-refractivity contribution < 1.29 is 9.47 Å². The van der Waals surface area contributed by atoms with Gasteiger partial charge in [0.15, 0.2) is 11.5 Å². The second-order valence-corrected chi connectivity index (χ2v) is 6.13. The molecule has 0 bridgehead atoms. The van der Waals surface area contributed by atoms with Gasteiger partial charge in [0.05, 0.1) is 23.0 Å². The van der Waals surface area contributed by atoms with Crippen molar-refractivity contribution in [2.24, 2.45) is 0 Å². The molecule has 5 rings (SSSR count). The molecule has 0 amide bonds. The number of fused-ring (bicyclic) bond motifs is 1. The normalized spacial score (nSPS) is 12.0. The summed E-state index contributed by atoms with van der Waals surface area (Å²) in [4.78, 5) is 5.97. The molecule has 0 unspecified atom stereocenters. The Bertz CT molecular complexity index is 1190. The minimum absolute atomic E-state index is 0.212. The topological polar surface area (TPSA) is 85.9 Å². The van der Waals surface area contributed by atoms with Gasteiger partial charge in [0.2, 0.25) is 6.79 Å². The Hall–Kier alpha value is -4.18. The van der Waals surface area contributed by atoms with Gasteiger partial charge in [-0.1, -0.05) is 6.07 Å². The molecule has 28 heavy (non-hydrogen) atoms. The maximum absolute atomic E-state index is 9.00. The van der Waals surface area contributed by atoms with E-state index in [1.54, 1.807) is 23.1 Å². The first-order chi connectivity index (χ1) is 13.8. The molecule has 0 saturated carbocycles. The van der Waals surface area contributed by atoms with Crippen LogP contribution in [0.25, 0.3) is 28.3 Å². The molecule has 3 heterocycles. The zero-order chi connectivity index (χ0) is 18.9. The first kappa shape index (κ1) is 16.0. The molecular formula is C21H13N5O2. The summed E-state index contributed by atoms with van der Waals surface area (Å²) in [5.41, 5.74) is 4.24. The maximum atomic E-state index is 9.00. The van der Waals surface area contributed by atoms with E-state index in [9.17, 15) is 0 Å². The van der Waals surface area contributed by atoms with Crippen molar-refractivity contribution in [3.63, 3.8) is 0 Å². The fraction of sp³-hybridized carbons (Fsp3) is 0.0476. The molecule has 134 valence electrons. The molecule has 4 aromatic rings. The largest absolute Gasteiger partial charge is 0.454 e. The summed E-state index contributed by atoms with van der Waals surface area (Å²) in [7, 11) is 0. The number of aromatic nitrogens is 4. The molecular weight excluding hydrogens is 354 g/mol. The molecule has 0 atom stereocenters. The van der Waals surface area contributed by atoms with Crippen molar-refractivity contribution in [3.8, 4) is 45.9 Å². The first-order valence-corrected chi connectivity index (χ1v) is 8.61. The number of nitriles is 1. The van der Waals surface area contributed by atoms with Crippen molar-refractivity contribution in [1.29, 1.82) is 5.26 Å². The molecule has 0 saturated heterocycles. The minimum Gasteiger partial charge on any atom is -0.454 e. The number of ether oxygens (including phenoxy) is 2. The highest BCUT2D eigenvalue weighted by molar-refractivity contribution is 5.77. The van der Waals surface area contributed by atoms with Gasteiger partial charge in [-0.15, -0.1) is 10.2 Å². The summed E-state index contributed by atoms with van der Waals surface area (Å²) >= 11 is 0. The second kappa shape index (κ2) is 6.52. The fourth-order valence-corrected chi connectivity index (χ4v) is 3.00. The predicted octanol–water partition coefficient (Wildman–Crippen LogP) is 3.60. The standard InChI is InChI=1S/C21H13N5O2/c22-12-14-4-7-16(8-5-14)26-24-20(21(25-26)17-3-1-2-10-23-17)15-6-9-18-19(11-15)28-13-27-18/h1-11H,13H2. The molecule has 0 radical (unpaired) electrons. The molecule has 0 spiro atoms. The SMILES string of the molecule is N#Cc1ccc(-n2nc(-c3ccc4c(c3)OCO4)c(-c3ccccn3)n2)cc1. The summed E-state index contributed by atoms with van der Waals surface area (Å²) < 4.78 is 10.9. The zero-order valence-electron chi connectivity index (χ0n) is 14.6. The summed E-state index contributed by atoms with van der Waals surface area (Å²) in [6.45, 7) is 0.212. The number of benzene rings is 2. The second-order valence-electron chi connectivity index (χ2n) is 6.13. The number of nitrogens with zero attached hydrogens (tertiary/aromatic N) is 5. The van der Waals surface area contributed by atoms with E-state index in [0.29, 0.717) is 28.5 Å². The van der Waals surface area contributed by atoms with Gasteiger partial charge < -0.3 is 9.47 Å². The van der Waals surface area contributed by atoms with Crippen LogP contribution in [0.4, 0.5) is 0 Å². The van der Waals surface area contributed by atoms with Crippen molar-refractivity contribution in [3.05, 3.63) is 72.4 Å². The van der Waals surface area contributed by atoms with Crippen LogP contribution in [-0.4, -0.2) is 26.8 Å². The number of rotatable bonds is 3. The Labute approximate surface area is 160 Å². The van der Waals surface area contributed by atoms with Crippen LogP contribution < -0.4 is 9.47 Å². The van der Waals surface area contributed by atoms with E-state index in [0.717, 1.165) is 16.9 Å². The van der Waals surface area contributed by atoms with Gasteiger partial charge >= 0.3 is 0 Å². The lowest BCUT2D eigenvalue weighted by molar-refractivity contribution is 0.174. The Morgan fingerprint density at radius 2 is 1.71 bits per heavy atom. The number of hydrogen-bond acceptors (Lipinski definition) is 6. The van der Waals surface area contributed by atoms with E-state index in [1.807, 2.05) is 48.5 Å². The Morgan fingerprint density at radius 1 is 0.893 bits per heavy atom. The van der Waals surface area contributed by atoms with Gasteiger partial charge in [-0.3, -0.25) is 4.98 Å². The molecule has 7 heteroatoms. The van der Waals surface area contributed by atoms with Crippen LogP contribution in [0.5, 0.6) is 11.5 Å². The van der Waals surface area contributed by atoms with Crippen molar-refractivity contribution in [1.82, 2.24) is 20.0 Å². The maximum Gasteiger partial charge on any atom is 0.231 e. The third-order valence-corrected chi connectivity index (χ3v) is 4.39. The highest BCUT2D eigenvalue weighted by Crippen LogP contribution is 2.37. The zero-order valence-corrected chi connectivity index (χ0v) is 14.6. The molecule has 1 aliphatic rings. The van der Waals surface area contributed by atoms with Gasteiger partial charge in [0, 0.05) is 11.8 Å². The van der Waals surface area contributed by atoms with Gasteiger partial charge in [-0.2, -0.15) is 10.1 Å². The van der Waals surface area contributed by atoms with Gasteiger partial charge in [-0.25, -0.2) is 0 Å². The summed E-state index contributed by atoms with van der Waals surface area (Å²) in [5.74, 6) is 1.39. The van der Waals surface area contributed by atoms with E-state index < -0.39 is 0 Å². The van der Waals surface area contributed by atoms with Crippen LogP contribution in [0.15, 0.2) is 66.9 Å². The van der Waals surface area contributed by atoms with Crippen LogP contribution in [0.1, 0.15) is 5.56 Å². The average Bonchev–Trinajstić information content (AvgIpc) is 3.41. The Balaban J connectivity index is 1.66. The lowest BCUT2D eigenvalue weighted by Gasteiger charge is -2.02. The third kappa shape index (κ3) is 2.73. The van der Waals surface area contributed by atoms with Crippen molar-refractivity contribution in [2.75, 3.05) is 6.79 Å². The molecule has 0 aliphatic carbocycles. The fourth-order valence-electron chi connectivity index (χ4n) is 3.00. The molecule has 2 aromatic heterocycles. The molecule has 2 aromatic carbocycles. The average molecular weight is 367 g/mol. The first-order valence-electron chi connectivity index (χ1n) is 8.61. The van der Waals surface area contributed by atoms with Crippen LogP contribution >= 0.6 is 0 Å². The molecule has 1 aliphatic heterocycles. The Kier molecular flexibility index (Phi) is 3.73. The van der Waals surface area contributed by atoms with Crippen LogP contribution in [0, 0.1) is 11.3 Å². The van der Waals surface area contributed by atoms with E-state index in [1.165, 1.54) is 0 Å². The predicted molar refractivity (Wildman–Crippen MR) is 101 cm³/mol. The lowest BCUT2D eigenvalue weighted by atomic mass is 10.1. The van der Waals surface area contributed by atoms with E-state index in [-0.39, 0.29) is 6.79 Å². The molecule has 7 nitrogen and oxygen atoms in total. The summed E-state index contributed by atoms with van der Waals surface area (Å²) in [5, 5.41) is 18.4. The monoisotopic (exact) mass is 367 g/mol. The smallest absolute Gasteiger partial charge is 0.231 e. The minimum atomic E-state index is 0.212.